The van der Waals surface area contributed by atoms with E-state index in [-0.39, 0.29) is 32.2 Å². The summed E-state index contributed by atoms with van der Waals surface area (Å²) in [6.07, 6.45) is 105. The Labute approximate surface area is 615 Å². The average molecular weight is 1390 g/mol. The van der Waals surface area contributed by atoms with Crippen LogP contribution >= 0.6 is 0 Å². The number of ether oxygens (including phenoxy) is 4. The van der Waals surface area contributed by atoms with Gasteiger partial charge in [0.1, 0.15) is 13.2 Å². The van der Waals surface area contributed by atoms with Crippen molar-refractivity contribution in [1.82, 2.24) is 0 Å². The Morgan fingerprint density at radius 1 is 0.313 bits per heavy atom. The van der Waals surface area contributed by atoms with E-state index in [1.165, 1.54) is 347 Å². The van der Waals surface area contributed by atoms with Gasteiger partial charge in [-0.15, -0.1) is 0 Å². The summed E-state index contributed by atoms with van der Waals surface area (Å²) >= 11 is 0. The monoisotopic (exact) mass is 1390 g/mol. The van der Waals surface area contributed by atoms with E-state index in [1.807, 2.05) is 21.1 Å². The number of nitrogens with zero attached hydrogens (tertiary/aromatic N) is 1. The van der Waals surface area contributed by atoms with Crippen molar-refractivity contribution in [3.63, 3.8) is 0 Å². The van der Waals surface area contributed by atoms with Crippen molar-refractivity contribution in [3.05, 3.63) is 60.8 Å². The van der Waals surface area contributed by atoms with Crippen LogP contribution in [0.3, 0.4) is 0 Å². The molecule has 0 aliphatic heterocycles. The van der Waals surface area contributed by atoms with Crippen LogP contribution in [0.25, 0.3) is 0 Å². The quantitative estimate of drug-likeness (QED) is 0.0195. The Morgan fingerprint density at radius 3 is 0.869 bits per heavy atom. The molecule has 0 N–H and O–H groups in total. The number of aliphatic carboxylic acids is 1. The molecule has 0 saturated heterocycles. The predicted molar refractivity (Wildman–Crippen MR) is 426 cm³/mol. The molecule has 0 saturated carbocycles. The van der Waals surface area contributed by atoms with Crippen LogP contribution < -0.4 is 5.11 Å². The van der Waals surface area contributed by atoms with E-state index in [9.17, 15) is 19.5 Å². The highest BCUT2D eigenvalue weighted by Crippen LogP contribution is 2.20. The molecule has 0 aliphatic rings. The zero-order valence-electron chi connectivity index (χ0n) is 66.6. The molecule has 9 nitrogen and oxygen atoms in total. The number of likely N-dealkylation sites (N-methyl/N-ethyl adjacent to an activating group) is 1. The van der Waals surface area contributed by atoms with Gasteiger partial charge in [0.2, 0.25) is 0 Å². The summed E-state index contributed by atoms with van der Waals surface area (Å²) in [7, 11) is 5.96. The number of quaternary nitrogens is 1. The lowest BCUT2D eigenvalue weighted by Gasteiger charge is -2.26. The molecule has 2 unspecified atom stereocenters. The fourth-order valence-corrected chi connectivity index (χ4v) is 13.2. The SMILES string of the molecule is CC/C=C\C/C=C\C/C=C\C/C=C\CCCCCCCCCCCCCCCCCCCCCCCCCCC(=O)OC(COC(=O)CCCCCCCCCCCCCCCCCCCCCCCCCCC/C=C\CCCCCCCCCC)COC(OCC[N+](C)(C)C)C(=O)[O-]. The lowest BCUT2D eigenvalue weighted by atomic mass is 10.0. The van der Waals surface area contributed by atoms with Crippen molar-refractivity contribution in [2.45, 2.75) is 450 Å². The molecule has 2 atom stereocenters. The van der Waals surface area contributed by atoms with Gasteiger partial charge in [0.15, 0.2) is 12.4 Å². The fourth-order valence-electron chi connectivity index (χ4n) is 13.2. The number of esters is 2. The third kappa shape index (κ3) is 82.2. The second kappa shape index (κ2) is 80.7. The predicted octanol–water partition coefficient (Wildman–Crippen LogP) is 26.8. The average Bonchev–Trinajstić information content (AvgIpc) is 2.19. The summed E-state index contributed by atoms with van der Waals surface area (Å²) in [6.45, 7) is 4.72. The zero-order valence-corrected chi connectivity index (χ0v) is 66.6. The van der Waals surface area contributed by atoms with Crippen molar-refractivity contribution in [3.8, 4) is 0 Å². The van der Waals surface area contributed by atoms with Crippen LogP contribution in [0.5, 0.6) is 0 Å². The number of carbonyl (C=O) groups excluding carboxylic acids is 3. The second-order valence-corrected chi connectivity index (χ2v) is 30.8. The van der Waals surface area contributed by atoms with Gasteiger partial charge in [-0.25, -0.2) is 0 Å². The van der Waals surface area contributed by atoms with Crippen LogP contribution in [0.2, 0.25) is 0 Å². The van der Waals surface area contributed by atoms with E-state index in [0.717, 1.165) is 64.2 Å². The second-order valence-electron chi connectivity index (χ2n) is 30.8. The molecule has 0 heterocycles. The molecular formula is C90H167NO8. The molecule has 0 amide bonds. The molecule has 0 aliphatic carbocycles. The zero-order chi connectivity index (χ0) is 71.8. The molecule has 580 valence electrons. The van der Waals surface area contributed by atoms with Gasteiger partial charge in [-0.05, 0) is 77.0 Å². The maximum Gasteiger partial charge on any atom is 0.306 e. The highest BCUT2D eigenvalue weighted by molar-refractivity contribution is 5.70. The molecular weight excluding hydrogens is 1220 g/mol. The Morgan fingerprint density at radius 2 is 0.576 bits per heavy atom. The first-order valence-electron chi connectivity index (χ1n) is 43.4. The minimum absolute atomic E-state index is 0.151. The van der Waals surface area contributed by atoms with Crippen molar-refractivity contribution >= 4 is 17.9 Å². The first-order valence-corrected chi connectivity index (χ1v) is 43.4. The smallest absolute Gasteiger partial charge is 0.306 e. The molecule has 0 bridgehead atoms. The van der Waals surface area contributed by atoms with Crippen LogP contribution in [0, 0.1) is 0 Å². The highest BCUT2D eigenvalue weighted by Gasteiger charge is 2.22. The Bertz CT molecular complexity index is 1820. The topological polar surface area (TPSA) is 111 Å². The van der Waals surface area contributed by atoms with Gasteiger partial charge in [-0.1, -0.05) is 408 Å². The first kappa shape index (κ1) is 96.0. The number of allylic oxidation sites excluding steroid dienone is 10. The van der Waals surface area contributed by atoms with Gasteiger partial charge < -0.3 is 33.3 Å². The van der Waals surface area contributed by atoms with Gasteiger partial charge in [0.25, 0.3) is 0 Å². The van der Waals surface area contributed by atoms with Crippen molar-refractivity contribution in [2.24, 2.45) is 0 Å². The molecule has 0 aromatic carbocycles. The number of hydrogen-bond donors (Lipinski definition) is 0. The van der Waals surface area contributed by atoms with Gasteiger partial charge in [-0.3, -0.25) is 9.59 Å². The maximum atomic E-state index is 13.0. The van der Waals surface area contributed by atoms with Gasteiger partial charge >= 0.3 is 11.9 Å². The molecule has 9 heteroatoms. The molecule has 0 aromatic rings. The number of carbonyl (C=O) groups is 3. The van der Waals surface area contributed by atoms with Crippen molar-refractivity contribution < 1.29 is 42.9 Å². The number of carboxylic acids is 1. The Hall–Kier alpha value is -3.01. The van der Waals surface area contributed by atoms with E-state index >= 15 is 0 Å². The van der Waals surface area contributed by atoms with E-state index in [4.69, 9.17) is 18.9 Å². The van der Waals surface area contributed by atoms with E-state index < -0.39 is 24.3 Å². The molecule has 0 rings (SSSR count). The van der Waals surface area contributed by atoms with Crippen LogP contribution in [-0.4, -0.2) is 82.3 Å². The molecule has 0 fully saturated rings. The number of unbranched alkanes of at least 4 members (excludes halogenated alkanes) is 57. The van der Waals surface area contributed by atoms with E-state index in [2.05, 4.69) is 74.6 Å². The van der Waals surface area contributed by atoms with Crippen molar-refractivity contribution in [1.29, 1.82) is 0 Å². The minimum Gasteiger partial charge on any atom is -0.545 e. The van der Waals surface area contributed by atoms with Crippen LogP contribution in [0.1, 0.15) is 438 Å². The summed E-state index contributed by atoms with van der Waals surface area (Å²) in [4.78, 5) is 37.7. The molecule has 0 aromatic heterocycles. The van der Waals surface area contributed by atoms with Gasteiger partial charge in [-0.2, -0.15) is 0 Å². The van der Waals surface area contributed by atoms with Crippen LogP contribution in [0.4, 0.5) is 0 Å². The number of rotatable bonds is 82. The summed E-state index contributed by atoms with van der Waals surface area (Å²) < 4.78 is 22.9. The van der Waals surface area contributed by atoms with Gasteiger partial charge in [0.05, 0.1) is 40.3 Å². The van der Waals surface area contributed by atoms with Crippen LogP contribution in [-0.2, 0) is 33.3 Å². The number of hydrogen-bond acceptors (Lipinski definition) is 8. The molecule has 0 radical (unpaired) electrons. The van der Waals surface area contributed by atoms with Gasteiger partial charge in [0, 0.05) is 12.8 Å². The normalized spacial score (nSPS) is 12.9. The third-order valence-corrected chi connectivity index (χ3v) is 19.7. The molecule has 0 spiro atoms. The largest absolute Gasteiger partial charge is 0.545 e. The summed E-state index contributed by atoms with van der Waals surface area (Å²) in [5.74, 6) is -2.25. The van der Waals surface area contributed by atoms with Crippen molar-refractivity contribution in [2.75, 3.05) is 47.5 Å². The summed E-state index contributed by atoms with van der Waals surface area (Å²) in [6, 6.07) is 0. The lowest BCUT2D eigenvalue weighted by Crippen LogP contribution is -2.44. The Kier molecular flexibility index (Phi) is 78.2. The standard InChI is InChI=1S/C90H167NO8/c1-6-8-10-12-14-16-18-20-22-24-26-28-30-32-34-36-38-40-42-44-46-48-50-52-54-56-58-60-62-64-66-68-70-72-74-76-78-80-87(92)97-84-86(85-98-90(89(94)95)96-83-82-91(3,4)5)99-88(93)81-79-77-75-73-71-69-67-65-63-61-59-57-55-53-51-49-47-45-43-41-39-37-35-33-31-29-27-25-23-21-19-17-15-13-11-9-7-2/h9,11,15,17,21,23-24,26-27,29,86,90H,6-8,10,12-14,16,18-20,22,25,28,30-85H2,1-5H3/b11-9-,17-15-,23-21-,26-24-,29-27-. The summed E-state index contributed by atoms with van der Waals surface area (Å²) in [5, 5.41) is 11.9. The lowest BCUT2D eigenvalue weighted by molar-refractivity contribution is -0.870. The highest BCUT2D eigenvalue weighted by atomic mass is 16.7. The van der Waals surface area contributed by atoms with E-state index in [1.54, 1.807) is 0 Å². The van der Waals surface area contributed by atoms with Crippen LogP contribution in [0.15, 0.2) is 60.8 Å². The fraction of sp³-hybridized carbons (Fsp3) is 0.856. The number of carboxylic acid groups (broad SMARTS) is 1. The first-order chi connectivity index (χ1) is 48.6. The Balaban J connectivity index is 3.92. The third-order valence-electron chi connectivity index (χ3n) is 19.7. The maximum absolute atomic E-state index is 13.0. The molecule has 99 heavy (non-hydrogen) atoms. The minimum atomic E-state index is -1.62. The van der Waals surface area contributed by atoms with E-state index in [0.29, 0.717) is 17.4 Å². The summed E-state index contributed by atoms with van der Waals surface area (Å²) in [5.41, 5.74) is 0.